The van der Waals surface area contributed by atoms with Crippen LogP contribution in [0.25, 0.3) is 10.8 Å². The number of fused-ring (bicyclic) bond motifs is 2. The van der Waals surface area contributed by atoms with E-state index in [1.54, 1.807) is 12.1 Å². The summed E-state index contributed by atoms with van der Waals surface area (Å²) < 4.78 is 49.1. The van der Waals surface area contributed by atoms with Crippen molar-refractivity contribution in [2.45, 2.75) is 83.5 Å². The number of methoxy groups -OCH3 is 1. The first-order valence-corrected chi connectivity index (χ1v) is 12.2. The molecule has 4 atom stereocenters. The van der Waals surface area contributed by atoms with Gasteiger partial charge in [0.05, 0.1) is 12.5 Å². The predicted octanol–water partition coefficient (Wildman–Crippen LogP) is 8.54. The summed E-state index contributed by atoms with van der Waals surface area (Å²) in [6, 6.07) is 4.86. The lowest BCUT2D eigenvalue weighted by Gasteiger charge is -2.42. The molecule has 0 aromatic heterocycles. The van der Waals surface area contributed by atoms with Crippen molar-refractivity contribution in [3.63, 3.8) is 0 Å². The van der Waals surface area contributed by atoms with Gasteiger partial charge in [-0.15, -0.1) is 0 Å². The third kappa shape index (κ3) is 4.59. The maximum absolute atomic E-state index is 15.4. The van der Waals surface area contributed by atoms with Crippen molar-refractivity contribution < 1.29 is 17.9 Å². The van der Waals surface area contributed by atoms with Gasteiger partial charge in [0.25, 0.3) is 0 Å². The molecule has 0 aliphatic heterocycles. The van der Waals surface area contributed by atoms with Gasteiger partial charge in [0.2, 0.25) is 5.82 Å². The Hall–Kier alpha value is -1.71. The van der Waals surface area contributed by atoms with Crippen LogP contribution in [0.2, 0.25) is 0 Å². The van der Waals surface area contributed by atoms with Crippen LogP contribution in [0, 0.1) is 35.2 Å². The topological polar surface area (TPSA) is 9.23 Å². The molecule has 4 unspecified atom stereocenters. The van der Waals surface area contributed by atoms with Crippen LogP contribution in [0.4, 0.5) is 13.2 Å². The van der Waals surface area contributed by atoms with E-state index in [1.807, 2.05) is 0 Å². The Labute approximate surface area is 184 Å². The van der Waals surface area contributed by atoms with E-state index in [-0.39, 0.29) is 17.1 Å². The third-order valence-corrected chi connectivity index (χ3v) is 7.97. The molecule has 2 aliphatic carbocycles. The largest absolute Gasteiger partial charge is 0.494 e. The van der Waals surface area contributed by atoms with E-state index in [0.717, 1.165) is 31.1 Å². The van der Waals surface area contributed by atoms with E-state index in [4.69, 9.17) is 4.74 Å². The number of hydrogen-bond donors (Lipinski definition) is 0. The Bertz CT molecular complexity index is 909. The predicted molar refractivity (Wildman–Crippen MR) is 120 cm³/mol. The summed E-state index contributed by atoms with van der Waals surface area (Å²) in [5.41, 5.74) is 0.552. The maximum atomic E-state index is 15.4. The van der Waals surface area contributed by atoms with Crippen LogP contribution in [0.3, 0.4) is 0 Å². The summed E-state index contributed by atoms with van der Waals surface area (Å²) in [5.74, 6) is -0.705. The lowest BCUT2D eigenvalue weighted by atomic mass is 9.63. The Morgan fingerprint density at radius 2 is 1.65 bits per heavy atom. The molecule has 2 saturated carbocycles. The molecule has 2 aromatic rings. The molecule has 0 saturated heterocycles. The first-order chi connectivity index (χ1) is 15.0. The summed E-state index contributed by atoms with van der Waals surface area (Å²) in [7, 11) is 1.28. The highest BCUT2D eigenvalue weighted by molar-refractivity contribution is 5.86. The fourth-order valence-electron chi connectivity index (χ4n) is 6.23. The Kier molecular flexibility index (Phi) is 7.13. The minimum absolute atomic E-state index is 0.0938. The van der Waals surface area contributed by atoms with Crippen LogP contribution in [-0.4, -0.2) is 7.11 Å². The SMILES string of the molecule is CCCCCCC1CCC2CC(c3ccc4cc(OC)c(F)c(F)c4c3F)CCC2C1. The fourth-order valence-corrected chi connectivity index (χ4v) is 6.23. The lowest BCUT2D eigenvalue weighted by Crippen LogP contribution is -2.30. The van der Waals surface area contributed by atoms with Gasteiger partial charge in [0, 0.05) is 0 Å². The summed E-state index contributed by atoms with van der Waals surface area (Å²) in [6.45, 7) is 2.25. The molecule has 4 heteroatoms. The van der Waals surface area contributed by atoms with E-state index in [9.17, 15) is 8.78 Å². The first kappa shape index (κ1) is 22.5. The molecule has 2 aliphatic rings. The highest BCUT2D eigenvalue weighted by atomic mass is 19.2. The molecular weight excluding hydrogens is 397 g/mol. The standard InChI is InChI=1S/C27H35F3O/c1-3-4-5-6-7-17-8-9-19-15-20(11-10-18(19)14-17)22-13-12-21-16-23(31-2)26(29)27(30)24(21)25(22)28/h12-13,16-20H,3-11,14-15H2,1-2H3. The molecule has 170 valence electrons. The van der Waals surface area contributed by atoms with Gasteiger partial charge in [-0.2, -0.15) is 4.39 Å². The smallest absolute Gasteiger partial charge is 0.201 e. The van der Waals surface area contributed by atoms with Gasteiger partial charge >= 0.3 is 0 Å². The second-order valence-corrected chi connectivity index (χ2v) is 9.83. The minimum Gasteiger partial charge on any atom is -0.494 e. The van der Waals surface area contributed by atoms with Crippen LogP contribution in [-0.2, 0) is 0 Å². The van der Waals surface area contributed by atoms with E-state index in [1.165, 1.54) is 64.5 Å². The van der Waals surface area contributed by atoms with Crippen molar-refractivity contribution >= 4 is 10.8 Å². The van der Waals surface area contributed by atoms with E-state index < -0.39 is 17.5 Å². The zero-order chi connectivity index (χ0) is 22.0. The highest BCUT2D eigenvalue weighted by Crippen LogP contribution is 2.49. The van der Waals surface area contributed by atoms with Crippen molar-refractivity contribution in [3.05, 3.63) is 41.2 Å². The molecule has 0 amide bonds. The number of halogens is 3. The molecule has 0 heterocycles. The number of benzene rings is 2. The van der Waals surface area contributed by atoms with Gasteiger partial charge < -0.3 is 4.74 Å². The van der Waals surface area contributed by atoms with Crippen molar-refractivity contribution in [2.24, 2.45) is 17.8 Å². The molecule has 0 N–H and O–H groups in total. The maximum Gasteiger partial charge on any atom is 0.201 e. The lowest BCUT2D eigenvalue weighted by molar-refractivity contribution is 0.112. The summed E-state index contributed by atoms with van der Waals surface area (Å²) in [6.07, 6.45) is 13.6. The zero-order valence-corrected chi connectivity index (χ0v) is 18.9. The average molecular weight is 433 g/mol. The van der Waals surface area contributed by atoms with Gasteiger partial charge in [-0.1, -0.05) is 57.6 Å². The molecule has 4 rings (SSSR count). The molecule has 0 radical (unpaired) electrons. The normalized spacial score (nSPS) is 26.1. The second-order valence-electron chi connectivity index (χ2n) is 9.83. The average Bonchev–Trinajstić information content (AvgIpc) is 2.78. The van der Waals surface area contributed by atoms with Crippen molar-refractivity contribution in [2.75, 3.05) is 7.11 Å². The number of rotatable bonds is 7. The van der Waals surface area contributed by atoms with Gasteiger partial charge in [0.1, 0.15) is 5.82 Å². The highest BCUT2D eigenvalue weighted by Gasteiger charge is 2.37. The summed E-state index contributed by atoms with van der Waals surface area (Å²) >= 11 is 0. The van der Waals surface area contributed by atoms with Crippen molar-refractivity contribution in [1.29, 1.82) is 0 Å². The third-order valence-electron chi connectivity index (χ3n) is 7.97. The number of unbranched alkanes of at least 4 members (excludes halogenated alkanes) is 3. The number of hydrogen-bond acceptors (Lipinski definition) is 1. The van der Waals surface area contributed by atoms with Crippen LogP contribution in [0.5, 0.6) is 5.75 Å². The fraction of sp³-hybridized carbons (Fsp3) is 0.630. The van der Waals surface area contributed by atoms with Crippen LogP contribution < -0.4 is 4.74 Å². The van der Waals surface area contributed by atoms with Crippen molar-refractivity contribution in [3.8, 4) is 5.75 Å². The quantitative estimate of drug-likeness (QED) is 0.398. The molecule has 0 bridgehead atoms. The van der Waals surface area contributed by atoms with Gasteiger partial charge in [-0.25, -0.2) is 8.78 Å². The Morgan fingerprint density at radius 3 is 2.42 bits per heavy atom. The molecule has 2 fully saturated rings. The van der Waals surface area contributed by atoms with E-state index in [2.05, 4.69) is 6.92 Å². The minimum atomic E-state index is -1.15. The number of ether oxygens (including phenoxy) is 1. The Balaban J connectivity index is 1.46. The Morgan fingerprint density at radius 1 is 0.871 bits per heavy atom. The van der Waals surface area contributed by atoms with Crippen molar-refractivity contribution in [1.82, 2.24) is 0 Å². The van der Waals surface area contributed by atoms with Crippen LogP contribution in [0.1, 0.15) is 89.0 Å². The van der Waals surface area contributed by atoms with E-state index >= 15 is 4.39 Å². The zero-order valence-electron chi connectivity index (χ0n) is 18.9. The monoisotopic (exact) mass is 432 g/mol. The van der Waals surface area contributed by atoms with Crippen LogP contribution >= 0.6 is 0 Å². The first-order valence-electron chi connectivity index (χ1n) is 12.2. The molecule has 0 spiro atoms. The summed E-state index contributed by atoms with van der Waals surface area (Å²) in [4.78, 5) is 0. The van der Waals surface area contributed by atoms with Gasteiger partial charge in [-0.3, -0.25) is 0 Å². The molecule has 31 heavy (non-hydrogen) atoms. The van der Waals surface area contributed by atoms with Gasteiger partial charge in [0.15, 0.2) is 11.6 Å². The second kappa shape index (κ2) is 9.83. The summed E-state index contributed by atoms with van der Waals surface area (Å²) in [5, 5.41) is 0.1000. The van der Waals surface area contributed by atoms with Crippen LogP contribution in [0.15, 0.2) is 18.2 Å². The molecule has 1 nitrogen and oxygen atoms in total. The molecular formula is C27H35F3O. The van der Waals surface area contributed by atoms with Gasteiger partial charge in [-0.05, 0) is 72.8 Å². The molecule has 2 aromatic carbocycles. The van der Waals surface area contributed by atoms with E-state index in [0.29, 0.717) is 16.9 Å².